The minimum atomic E-state index is -3.56. The molecule has 0 saturated heterocycles. The quantitative estimate of drug-likeness (QED) is 0.673. The van der Waals surface area contributed by atoms with Crippen LogP contribution >= 0.6 is 0 Å². The molecule has 7 heteroatoms. The van der Waals surface area contributed by atoms with Gasteiger partial charge in [0.2, 0.25) is 15.9 Å². The van der Waals surface area contributed by atoms with Crippen LogP contribution in [-0.4, -0.2) is 38.3 Å². The van der Waals surface area contributed by atoms with Crippen molar-refractivity contribution < 1.29 is 13.2 Å². The first-order chi connectivity index (χ1) is 13.3. The minimum Gasteiger partial charge on any atom is -0.325 e. The Hall–Kier alpha value is -2.22. The van der Waals surface area contributed by atoms with Crippen LogP contribution in [0.4, 0.5) is 5.69 Å². The molecule has 0 aliphatic heterocycles. The molecule has 2 rings (SSSR count). The fraction of sp³-hybridized carbons (Fsp3) is 0.381. The Bertz CT molecular complexity index is 909. The molecule has 2 aromatic rings. The number of rotatable bonds is 9. The lowest BCUT2D eigenvalue weighted by Crippen LogP contribution is -2.31. The number of nitrogens with zero attached hydrogens (tertiary/aromatic N) is 1. The second kappa shape index (κ2) is 9.82. The Kier molecular flexibility index (Phi) is 7.74. The Morgan fingerprint density at radius 1 is 1.07 bits per heavy atom. The third kappa shape index (κ3) is 5.41. The number of benzene rings is 2. The van der Waals surface area contributed by atoms with Crippen LogP contribution in [0.2, 0.25) is 0 Å². The van der Waals surface area contributed by atoms with E-state index < -0.39 is 10.0 Å². The molecule has 1 amide bonds. The van der Waals surface area contributed by atoms with Crippen LogP contribution in [0.15, 0.2) is 53.4 Å². The summed E-state index contributed by atoms with van der Waals surface area (Å²) in [5, 5.41) is 5.97. The van der Waals surface area contributed by atoms with Crippen molar-refractivity contribution in [2.45, 2.75) is 38.6 Å². The molecule has 0 fully saturated rings. The summed E-state index contributed by atoms with van der Waals surface area (Å²) < 4.78 is 26.7. The number of anilines is 1. The topological polar surface area (TPSA) is 78.5 Å². The van der Waals surface area contributed by atoms with E-state index in [1.54, 1.807) is 32.0 Å². The van der Waals surface area contributed by atoms with Gasteiger partial charge in [-0.15, -0.1) is 0 Å². The first kappa shape index (κ1) is 22.1. The summed E-state index contributed by atoms with van der Waals surface area (Å²) in [7, 11) is -3.56. The first-order valence-electron chi connectivity index (χ1n) is 9.48. The maximum absolute atomic E-state index is 12.6. The minimum absolute atomic E-state index is 0.0290. The molecule has 1 unspecified atom stereocenters. The Labute approximate surface area is 168 Å². The maximum atomic E-state index is 12.6. The van der Waals surface area contributed by atoms with E-state index >= 15 is 0 Å². The molecule has 0 aromatic heterocycles. The molecule has 0 heterocycles. The van der Waals surface area contributed by atoms with Crippen molar-refractivity contribution in [3.8, 4) is 0 Å². The summed E-state index contributed by atoms with van der Waals surface area (Å²) >= 11 is 0. The number of hydrogen-bond donors (Lipinski definition) is 2. The first-order valence-corrected chi connectivity index (χ1v) is 10.9. The van der Waals surface area contributed by atoms with Gasteiger partial charge in [0.25, 0.3) is 0 Å². The van der Waals surface area contributed by atoms with Crippen molar-refractivity contribution in [3.63, 3.8) is 0 Å². The normalized spacial score (nSPS) is 12.8. The number of amides is 1. The summed E-state index contributed by atoms with van der Waals surface area (Å²) in [5.41, 5.74) is 2.77. The fourth-order valence-corrected chi connectivity index (χ4v) is 4.58. The van der Waals surface area contributed by atoms with Gasteiger partial charge in [0.15, 0.2) is 0 Å². The molecular weight excluding hydrogens is 374 g/mol. The van der Waals surface area contributed by atoms with Gasteiger partial charge in [-0.2, -0.15) is 4.31 Å². The predicted molar refractivity (Wildman–Crippen MR) is 113 cm³/mol. The largest absolute Gasteiger partial charge is 0.325 e. The van der Waals surface area contributed by atoms with Crippen LogP contribution in [0, 0.1) is 6.92 Å². The number of carbonyl (C=O) groups excluding carboxylic acids is 1. The van der Waals surface area contributed by atoms with Gasteiger partial charge in [0.05, 0.1) is 11.4 Å². The van der Waals surface area contributed by atoms with Crippen LogP contribution < -0.4 is 10.6 Å². The number of carbonyl (C=O) groups is 1. The molecule has 0 aliphatic carbocycles. The van der Waals surface area contributed by atoms with E-state index in [0.717, 1.165) is 11.1 Å². The maximum Gasteiger partial charge on any atom is 0.243 e. The average molecular weight is 404 g/mol. The van der Waals surface area contributed by atoms with Crippen molar-refractivity contribution in [2.24, 2.45) is 0 Å². The number of aryl methyl sites for hydroxylation is 1. The SMILES string of the molecule is CCN(CC)S(=O)(=O)c1cccc(NC(=O)CNC(C)c2ccccc2C)c1. The zero-order valence-electron chi connectivity index (χ0n) is 16.9. The summed E-state index contributed by atoms with van der Waals surface area (Å²) in [6.45, 7) is 8.57. The van der Waals surface area contributed by atoms with Crippen molar-refractivity contribution in [1.82, 2.24) is 9.62 Å². The summed E-state index contributed by atoms with van der Waals surface area (Å²) in [6, 6.07) is 14.4. The van der Waals surface area contributed by atoms with Gasteiger partial charge < -0.3 is 10.6 Å². The van der Waals surface area contributed by atoms with Crippen LogP contribution in [0.5, 0.6) is 0 Å². The number of nitrogens with one attached hydrogen (secondary N) is 2. The predicted octanol–water partition coefficient (Wildman–Crippen LogP) is 3.31. The third-order valence-electron chi connectivity index (χ3n) is 4.68. The highest BCUT2D eigenvalue weighted by atomic mass is 32.2. The molecule has 152 valence electrons. The van der Waals surface area contributed by atoms with Gasteiger partial charge in [-0.3, -0.25) is 4.79 Å². The van der Waals surface area contributed by atoms with Crippen molar-refractivity contribution in [2.75, 3.05) is 25.0 Å². The molecule has 6 nitrogen and oxygen atoms in total. The van der Waals surface area contributed by atoms with E-state index in [2.05, 4.69) is 10.6 Å². The molecule has 28 heavy (non-hydrogen) atoms. The van der Waals surface area contributed by atoms with Gasteiger partial charge in [-0.1, -0.05) is 44.2 Å². The molecule has 0 saturated carbocycles. The zero-order valence-corrected chi connectivity index (χ0v) is 17.7. The Balaban J connectivity index is 2.02. The van der Waals surface area contributed by atoms with E-state index in [9.17, 15) is 13.2 Å². The van der Waals surface area contributed by atoms with Gasteiger partial charge in [0, 0.05) is 24.8 Å². The van der Waals surface area contributed by atoms with Crippen molar-refractivity contribution in [3.05, 3.63) is 59.7 Å². The zero-order chi connectivity index (χ0) is 20.7. The second-order valence-corrected chi connectivity index (χ2v) is 8.56. The lowest BCUT2D eigenvalue weighted by atomic mass is 10.0. The Morgan fingerprint density at radius 2 is 1.75 bits per heavy atom. The lowest BCUT2D eigenvalue weighted by molar-refractivity contribution is -0.115. The molecular formula is C21H29N3O3S. The molecule has 0 aliphatic rings. The van der Waals surface area contributed by atoms with Gasteiger partial charge >= 0.3 is 0 Å². The highest BCUT2D eigenvalue weighted by molar-refractivity contribution is 7.89. The number of sulfonamides is 1. The number of hydrogen-bond acceptors (Lipinski definition) is 4. The molecule has 2 N–H and O–H groups in total. The lowest BCUT2D eigenvalue weighted by Gasteiger charge is -2.19. The molecule has 0 spiro atoms. The molecule has 0 bridgehead atoms. The third-order valence-corrected chi connectivity index (χ3v) is 6.73. The molecule has 0 radical (unpaired) electrons. The van der Waals surface area contributed by atoms with E-state index in [4.69, 9.17) is 0 Å². The van der Waals surface area contributed by atoms with E-state index in [1.165, 1.54) is 10.4 Å². The van der Waals surface area contributed by atoms with Crippen molar-refractivity contribution >= 4 is 21.6 Å². The smallest absolute Gasteiger partial charge is 0.243 e. The monoisotopic (exact) mass is 403 g/mol. The summed E-state index contributed by atoms with van der Waals surface area (Å²) in [4.78, 5) is 12.5. The van der Waals surface area contributed by atoms with Gasteiger partial charge in [0.1, 0.15) is 0 Å². The summed E-state index contributed by atoms with van der Waals surface area (Å²) in [6.07, 6.45) is 0. The highest BCUT2D eigenvalue weighted by Gasteiger charge is 2.21. The van der Waals surface area contributed by atoms with Crippen molar-refractivity contribution in [1.29, 1.82) is 0 Å². The van der Waals surface area contributed by atoms with Crippen LogP contribution in [0.25, 0.3) is 0 Å². The van der Waals surface area contributed by atoms with Gasteiger partial charge in [-0.05, 0) is 43.2 Å². The highest BCUT2D eigenvalue weighted by Crippen LogP contribution is 2.20. The van der Waals surface area contributed by atoms with E-state index in [-0.39, 0.29) is 23.4 Å². The molecule has 1 atom stereocenters. The fourth-order valence-electron chi connectivity index (χ4n) is 3.08. The average Bonchev–Trinajstić information content (AvgIpc) is 2.67. The second-order valence-electron chi connectivity index (χ2n) is 6.62. The standard InChI is InChI=1S/C21H29N3O3S/c1-5-24(6-2)28(26,27)19-12-9-11-18(14-19)23-21(25)15-22-17(4)20-13-8-7-10-16(20)3/h7-14,17,22H,5-6,15H2,1-4H3,(H,23,25). The van der Waals surface area contributed by atoms with Crippen LogP contribution in [0.1, 0.15) is 37.9 Å². The summed E-state index contributed by atoms with van der Waals surface area (Å²) in [5.74, 6) is -0.224. The van der Waals surface area contributed by atoms with E-state index in [0.29, 0.717) is 18.8 Å². The Morgan fingerprint density at radius 3 is 2.39 bits per heavy atom. The van der Waals surface area contributed by atoms with Crippen LogP contribution in [0.3, 0.4) is 0 Å². The molecule has 2 aromatic carbocycles. The van der Waals surface area contributed by atoms with Crippen LogP contribution in [-0.2, 0) is 14.8 Å². The van der Waals surface area contributed by atoms with E-state index in [1.807, 2.05) is 38.1 Å². The van der Waals surface area contributed by atoms with Gasteiger partial charge in [-0.25, -0.2) is 8.42 Å².